The number of fused-ring (bicyclic) bond motifs is 62. The van der Waals surface area contributed by atoms with Gasteiger partial charge in [-0.3, -0.25) is 37.5 Å². The Morgan fingerprint density at radius 2 is 0.457 bits per heavy atom. The summed E-state index contributed by atoms with van der Waals surface area (Å²) in [7, 11) is 0. The van der Waals surface area contributed by atoms with Crippen LogP contribution in [0, 0.1) is 0 Å². The van der Waals surface area contributed by atoms with Gasteiger partial charge in [-0.1, -0.05) is 176 Å². The summed E-state index contributed by atoms with van der Waals surface area (Å²) >= 11 is 0. The summed E-state index contributed by atoms with van der Waals surface area (Å²) in [6.07, 6.45) is 30.4. The molecule has 0 bridgehead atoms. The zero-order valence-electron chi connectivity index (χ0n) is 75.1. The van der Waals surface area contributed by atoms with E-state index in [-0.39, 0.29) is 0 Å². The van der Waals surface area contributed by atoms with E-state index in [0.717, 1.165) is 162 Å². The fourth-order valence-corrected chi connectivity index (χ4v) is 26.1. The SMILES string of the molecule is c1ccc2c(c1)Cc1c-2ccc2c1-c1ccc3c4cnccc4n4c5ncccc5nc4c3c1C2.c1ccc2c(c1)Cc1c-2ccc2c1Cc1c-2ccc2c3cnccc3n3c4ncccc4nc3c12.c1ccc2c(c1)Cc1cc3c(cc1-2)-c1ccc2c4cnccc4n4c5ncccc5nc4c2c1C3.c1ccc2c(c1)Cc1cc3c(cc1-2)Cc1c-3ccc2c3cnccc3n3c4ncccc4nc3c12. The van der Waals surface area contributed by atoms with Crippen LogP contribution in [0.15, 0.2) is 341 Å². The number of pyridine rings is 12. The normalized spacial score (nSPS) is 13.5. The number of hydrogen-bond donors (Lipinski definition) is 0. The monoisotopic (exact) mass is 1780 g/mol. The predicted molar refractivity (Wildman–Crippen MR) is 559 cm³/mol. The van der Waals surface area contributed by atoms with E-state index in [4.69, 9.17) is 39.9 Å². The van der Waals surface area contributed by atoms with Crippen molar-refractivity contribution in [3.05, 3.63) is 430 Å². The van der Waals surface area contributed by atoms with E-state index >= 15 is 0 Å². The molecule has 0 atom stereocenters. The average Bonchev–Trinajstić information content (AvgIpc) is 1.55. The van der Waals surface area contributed by atoms with Gasteiger partial charge in [0, 0.05) is 117 Å². The predicted octanol–water partition coefficient (Wildman–Crippen LogP) is 26.9. The van der Waals surface area contributed by atoms with E-state index in [1.54, 1.807) is 0 Å². The summed E-state index contributed by atoms with van der Waals surface area (Å²) < 4.78 is 8.87. The number of hydrogen-bond acceptors (Lipinski definition) is 12. The van der Waals surface area contributed by atoms with Crippen LogP contribution in [0.1, 0.15) is 89.0 Å². The lowest BCUT2D eigenvalue weighted by Crippen LogP contribution is -1.96. The van der Waals surface area contributed by atoms with Crippen molar-refractivity contribution in [1.82, 2.24) is 77.4 Å². The molecular weight excluding hydrogens is 1710 g/mol. The Balaban J connectivity index is 0.0000000829. The standard InChI is InChI=1S/4C31H18N4/c1-2-5-19-17(4-1)14-23-20(19)8-7-18-15-24-21(28(18)23)9-10-22-25-16-32-13-11-27(25)35-30-26(6-3-12-33-30)34-31(35)29(22)24;1-2-5-18-17(4-1)14-23-19(18)7-8-20-21-9-10-22-26-16-32-13-11-28(26)35-30-27(6-3-12-33-30)34-31(35)29(22)25(21)15-24(20)23;1-2-5-20-17(4-1)12-18-13-24-19(14-23(18)20)15-25-21(24)7-8-22-26-16-32-11-9-28(26)35-30-27(6-3-10-33-30)34-31(35)29(22)25;1-2-5-20-17(4-1)12-18-13-19-14-25-21(24(19)15-23(18)20)7-8-22-26-16-32-11-9-28(26)35-30-27(6-3-10-33-30)34-31(35)29(22)25/h2*1-13,16H,14-15H2;1-11,13-14,16H,12,15H2;1-11,13,15-16H,12,14H2. The van der Waals surface area contributed by atoms with Gasteiger partial charge in [0.25, 0.3) is 0 Å². The molecule has 28 aromatic rings. The van der Waals surface area contributed by atoms with Gasteiger partial charge >= 0.3 is 0 Å². The molecule has 140 heavy (non-hydrogen) atoms. The maximum atomic E-state index is 5.12. The zero-order chi connectivity index (χ0) is 90.7. The van der Waals surface area contributed by atoms with E-state index in [0.29, 0.717) is 0 Å². The lowest BCUT2D eigenvalue weighted by Gasteiger charge is -2.13. The Morgan fingerprint density at radius 1 is 0.171 bits per heavy atom. The van der Waals surface area contributed by atoms with Crippen molar-refractivity contribution >= 4 is 154 Å². The van der Waals surface area contributed by atoms with E-state index in [1.165, 1.54) is 221 Å². The Morgan fingerprint density at radius 3 is 0.900 bits per heavy atom. The second kappa shape index (κ2) is 27.7. The molecule has 12 aromatic carbocycles. The molecule has 0 radical (unpaired) electrons. The van der Waals surface area contributed by atoms with Gasteiger partial charge in [-0.2, -0.15) is 0 Å². The Kier molecular flexibility index (Phi) is 14.9. The molecule has 0 aliphatic heterocycles. The van der Waals surface area contributed by atoms with Crippen molar-refractivity contribution in [1.29, 1.82) is 0 Å². The summed E-state index contributed by atoms with van der Waals surface area (Å²) in [6.45, 7) is 0. The summed E-state index contributed by atoms with van der Waals surface area (Å²) in [5.74, 6) is 0. The smallest absolute Gasteiger partial charge is 0.164 e. The third-order valence-electron chi connectivity index (χ3n) is 31.9. The van der Waals surface area contributed by atoms with E-state index in [2.05, 4.69) is 268 Å². The largest absolute Gasteiger partial charge is 0.276 e. The maximum absolute atomic E-state index is 5.12. The van der Waals surface area contributed by atoms with Gasteiger partial charge in [0.05, 0.1) is 22.1 Å². The molecule has 16 aromatic heterocycles. The number of nitrogens with zero attached hydrogens (tertiary/aromatic N) is 16. The molecule has 0 spiro atoms. The van der Waals surface area contributed by atoms with Crippen LogP contribution in [0.5, 0.6) is 0 Å². The average molecular weight is 1790 g/mol. The molecule has 8 aliphatic rings. The molecule has 0 saturated carbocycles. The highest BCUT2D eigenvalue weighted by atomic mass is 15.1. The second-order valence-electron chi connectivity index (χ2n) is 38.7. The van der Waals surface area contributed by atoms with Crippen LogP contribution in [-0.4, -0.2) is 77.4 Å². The van der Waals surface area contributed by atoms with E-state index in [1.807, 2.05) is 111 Å². The van der Waals surface area contributed by atoms with Crippen LogP contribution in [0.3, 0.4) is 0 Å². The van der Waals surface area contributed by atoms with Gasteiger partial charge in [-0.15, -0.1) is 0 Å². The Labute approximate surface area is 796 Å². The number of imidazole rings is 4. The highest BCUT2D eigenvalue weighted by Gasteiger charge is 2.37. The minimum absolute atomic E-state index is 0.893. The quantitative estimate of drug-likeness (QED) is 0.132. The number of benzene rings is 12. The molecular formula is C124H72N16. The van der Waals surface area contributed by atoms with Gasteiger partial charge in [0.15, 0.2) is 22.6 Å². The lowest BCUT2D eigenvalue weighted by atomic mass is 9.94. The topological polar surface area (TPSA) is 172 Å². The van der Waals surface area contributed by atoms with Crippen molar-refractivity contribution in [2.24, 2.45) is 0 Å². The minimum atomic E-state index is 0.893. The van der Waals surface area contributed by atoms with Crippen LogP contribution in [-0.2, 0) is 51.4 Å². The van der Waals surface area contributed by atoms with Crippen LogP contribution >= 0.6 is 0 Å². The highest BCUT2D eigenvalue weighted by molar-refractivity contribution is 6.22. The fraction of sp³-hybridized carbons (Fsp3) is 0.0645. The van der Waals surface area contributed by atoms with Gasteiger partial charge in [0.1, 0.15) is 44.7 Å². The molecule has 16 heterocycles. The third kappa shape index (κ3) is 10.2. The van der Waals surface area contributed by atoms with Crippen molar-refractivity contribution < 1.29 is 0 Å². The molecule has 648 valence electrons. The first-order valence-corrected chi connectivity index (χ1v) is 48.2. The summed E-state index contributed by atoms with van der Waals surface area (Å²) in [5.41, 5.74) is 60.2. The summed E-state index contributed by atoms with van der Waals surface area (Å²) in [5, 5.41) is 14.3. The highest BCUT2D eigenvalue weighted by Crippen LogP contribution is 2.56. The first-order valence-electron chi connectivity index (χ1n) is 48.2. The van der Waals surface area contributed by atoms with Crippen molar-refractivity contribution in [3.63, 3.8) is 0 Å². The summed E-state index contributed by atoms with van der Waals surface area (Å²) in [6, 6.07) is 97.0. The molecule has 0 fully saturated rings. The third-order valence-corrected chi connectivity index (χ3v) is 31.9. The van der Waals surface area contributed by atoms with Crippen molar-refractivity contribution in [2.45, 2.75) is 51.4 Å². The van der Waals surface area contributed by atoms with Gasteiger partial charge in [0.2, 0.25) is 0 Å². The first kappa shape index (κ1) is 75.1. The minimum Gasteiger partial charge on any atom is -0.276 e. The molecule has 36 rings (SSSR count). The number of rotatable bonds is 0. The van der Waals surface area contributed by atoms with E-state index < -0.39 is 0 Å². The molecule has 0 N–H and O–H groups in total. The van der Waals surface area contributed by atoms with Gasteiger partial charge in [-0.25, -0.2) is 39.9 Å². The second-order valence-corrected chi connectivity index (χ2v) is 38.7. The summed E-state index contributed by atoms with van der Waals surface area (Å²) in [4.78, 5) is 57.2. The van der Waals surface area contributed by atoms with Crippen LogP contribution in [0.25, 0.3) is 243 Å². The first-order chi connectivity index (χ1) is 69.4. The Hall–Kier alpha value is -18.3. The van der Waals surface area contributed by atoms with Crippen molar-refractivity contribution in [2.75, 3.05) is 0 Å². The molecule has 16 heteroatoms. The zero-order valence-corrected chi connectivity index (χ0v) is 75.1. The van der Waals surface area contributed by atoms with Gasteiger partial charge < -0.3 is 0 Å². The fourth-order valence-electron chi connectivity index (χ4n) is 26.1. The Bertz CT molecular complexity index is 10600. The van der Waals surface area contributed by atoms with Crippen LogP contribution < -0.4 is 0 Å². The number of aromatic nitrogens is 16. The van der Waals surface area contributed by atoms with E-state index in [9.17, 15) is 0 Å². The molecule has 16 nitrogen and oxygen atoms in total. The molecule has 8 aliphatic carbocycles. The lowest BCUT2D eigenvalue weighted by molar-refractivity contribution is 1.17. The maximum Gasteiger partial charge on any atom is 0.164 e. The van der Waals surface area contributed by atoms with Crippen LogP contribution in [0.4, 0.5) is 0 Å². The molecule has 0 saturated heterocycles. The van der Waals surface area contributed by atoms with Gasteiger partial charge in [-0.05, 0) is 342 Å². The molecule has 0 unspecified atom stereocenters. The van der Waals surface area contributed by atoms with Crippen LogP contribution in [0.2, 0.25) is 0 Å². The van der Waals surface area contributed by atoms with Crippen molar-refractivity contribution in [3.8, 4) is 89.0 Å². The molecule has 0 amide bonds.